The van der Waals surface area contributed by atoms with Crippen molar-refractivity contribution in [3.05, 3.63) is 34.0 Å². The van der Waals surface area contributed by atoms with Crippen LogP contribution >= 0.6 is 11.3 Å². The zero-order chi connectivity index (χ0) is 11.5. The van der Waals surface area contributed by atoms with Gasteiger partial charge in [0.1, 0.15) is 6.10 Å². The van der Waals surface area contributed by atoms with E-state index in [1.165, 1.54) is 0 Å². The van der Waals surface area contributed by atoms with E-state index in [4.69, 9.17) is 0 Å². The number of rotatable bonds is 4. The van der Waals surface area contributed by atoms with Crippen molar-refractivity contribution in [2.24, 2.45) is 0 Å². The van der Waals surface area contributed by atoms with E-state index >= 15 is 0 Å². The first-order valence-electron chi connectivity index (χ1n) is 5.33. The molecule has 2 aromatic heterocycles. The van der Waals surface area contributed by atoms with Crippen LogP contribution in [0.15, 0.2) is 17.8 Å². The van der Waals surface area contributed by atoms with Gasteiger partial charge in [-0.3, -0.25) is 4.68 Å². The third-order valence-electron chi connectivity index (χ3n) is 2.34. The number of aliphatic hydroxyl groups excluding tert-OH is 1. The van der Waals surface area contributed by atoms with Crippen LogP contribution < -0.4 is 0 Å². The zero-order valence-corrected chi connectivity index (χ0v) is 10.2. The second-order valence-corrected chi connectivity index (χ2v) is 4.79. The largest absolute Gasteiger partial charge is 0.382 e. The Kier molecular flexibility index (Phi) is 3.36. The molecule has 1 unspecified atom stereocenters. The lowest BCUT2D eigenvalue weighted by molar-refractivity contribution is 0.216. The molecule has 0 saturated carbocycles. The lowest BCUT2D eigenvalue weighted by Gasteiger charge is -2.03. The molecule has 0 bridgehead atoms. The number of hydrogen-bond acceptors (Lipinski definition) is 4. The van der Waals surface area contributed by atoms with E-state index in [1.807, 2.05) is 23.2 Å². The lowest BCUT2D eigenvalue weighted by atomic mass is 10.1. The zero-order valence-electron chi connectivity index (χ0n) is 9.42. The van der Waals surface area contributed by atoms with Crippen molar-refractivity contribution in [3.8, 4) is 0 Å². The first-order chi connectivity index (χ1) is 7.70. The number of nitrogens with zero attached hydrogens (tertiary/aromatic N) is 3. The SMILES string of the molecule is CCCn1cc(C(O)c2csc(C)n2)cn1. The van der Waals surface area contributed by atoms with Gasteiger partial charge >= 0.3 is 0 Å². The van der Waals surface area contributed by atoms with Crippen molar-refractivity contribution in [1.82, 2.24) is 14.8 Å². The van der Waals surface area contributed by atoms with Gasteiger partial charge in [-0.25, -0.2) is 4.98 Å². The van der Waals surface area contributed by atoms with Crippen LogP contribution in [-0.2, 0) is 6.54 Å². The van der Waals surface area contributed by atoms with Gasteiger partial charge in [-0.1, -0.05) is 6.92 Å². The summed E-state index contributed by atoms with van der Waals surface area (Å²) in [6.07, 6.45) is 3.96. The van der Waals surface area contributed by atoms with Crippen molar-refractivity contribution < 1.29 is 5.11 Å². The van der Waals surface area contributed by atoms with Crippen LogP contribution in [0.5, 0.6) is 0 Å². The van der Waals surface area contributed by atoms with E-state index < -0.39 is 6.10 Å². The summed E-state index contributed by atoms with van der Waals surface area (Å²) >= 11 is 1.55. The van der Waals surface area contributed by atoms with Gasteiger partial charge in [-0.05, 0) is 13.3 Å². The van der Waals surface area contributed by atoms with Gasteiger partial charge in [0.2, 0.25) is 0 Å². The minimum Gasteiger partial charge on any atom is -0.382 e. The van der Waals surface area contributed by atoms with Gasteiger partial charge in [0.05, 0.1) is 16.9 Å². The highest BCUT2D eigenvalue weighted by Gasteiger charge is 2.15. The van der Waals surface area contributed by atoms with Crippen LogP contribution in [-0.4, -0.2) is 19.9 Å². The summed E-state index contributed by atoms with van der Waals surface area (Å²) in [5, 5.41) is 17.1. The maximum atomic E-state index is 10.1. The Labute approximate surface area is 98.6 Å². The van der Waals surface area contributed by atoms with Gasteiger partial charge in [-0.15, -0.1) is 11.3 Å². The first-order valence-corrected chi connectivity index (χ1v) is 6.21. The molecule has 0 aromatic carbocycles. The Morgan fingerprint density at radius 3 is 3.00 bits per heavy atom. The van der Waals surface area contributed by atoms with Crippen LogP contribution in [0, 0.1) is 6.92 Å². The fourth-order valence-corrected chi connectivity index (χ4v) is 2.18. The molecule has 86 valence electrons. The second-order valence-electron chi connectivity index (χ2n) is 3.73. The highest BCUT2D eigenvalue weighted by Crippen LogP contribution is 2.22. The highest BCUT2D eigenvalue weighted by atomic mass is 32.1. The molecule has 0 spiro atoms. The molecule has 1 atom stereocenters. The van der Waals surface area contributed by atoms with Gasteiger partial charge in [0, 0.05) is 23.7 Å². The number of aromatic nitrogens is 3. The minimum atomic E-state index is -0.657. The van der Waals surface area contributed by atoms with Crippen molar-refractivity contribution in [1.29, 1.82) is 0 Å². The van der Waals surface area contributed by atoms with Crippen molar-refractivity contribution in [2.75, 3.05) is 0 Å². The molecule has 1 N–H and O–H groups in total. The summed E-state index contributed by atoms with van der Waals surface area (Å²) in [6, 6.07) is 0. The monoisotopic (exact) mass is 237 g/mol. The van der Waals surface area contributed by atoms with Crippen molar-refractivity contribution in [3.63, 3.8) is 0 Å². The maximum absolute atomic E-state index is 10.1. The Balaban J connectivity index is 2.17. The van der Waals surface area contributed by atoms with Crippen LogP contribution in [0.3, 0.4) is 0 Å². The van der Waals surface area contributed by atoms with E-state index in [1.54, 1.807) is 17.5 Å². The van der Waals surface area contributed by atoms with Gasteiger partial charge in [-0.2, -0.15) is 5.10 Å². The van der Waals surface area contributed by atoms with E-state index in [-0.39, 0.29) is 0 Å². The van der Waals surface area contributed by atoms with Crippen molar-refractivity contribution in [2.45, 2.75) is 32.9 Å². The second kappa shape index (κ2) is 4.76. The van der Waals surface area contributed by atoms with E-state index in [2.05, 4.69) is 17.0 Å². The molecule has 0 saturated heterocycles. The van der Waals surface area contributed by atoms with E-state index in [0.29, 0.717) is 5.69 Å². The molecule has 5 heteroatoms. The molecule has 16 heavy (non-hydrogen) atoms. The molecule has 0 aliphatic heterocycles. The fraction of sp³-hybridized carbons (Fsp3) is 0.455. The fourth-order valence-electron chi connectivity index (χ4n) is 1.55. The standard InChI is InChI=1S/C11H15N3OS/c1-3-4-14-6-9(5-12-14)11(15)10-7-16-8(2)13-10/h5-7,11,15H,3-4H2,1-2H3. The van der Waals surface area contributed by atoms with Crippen molar-refractivity contribution >= 4 is 11.3 Å². The average Bonchev–Trinajstić information content (AvgIpc) is 2.87. The van der Waals surface area contributed by atoms with Crippen LogP contribution in [0.2, 0.25) is 0 Å². The maximum Gasteiger partial charge on any atom is 0.125 e. The van der Waals surface area contributed by atoms with Crippen LogP contribution in [0.25, 0.3) is 0 Å². The normalized spacial score (nSPS) is 12.9. The molecule has 4 nitrogen and oxygen atoms in total. The number of aliphatic hydroxyl groups is 1. The summed E-state index contributed by atoms with van der Waals surface area (Å²) < 4.78 is 1.85. The smallest absolute Gasteiger partial charge is 0.125 e. The molecule has 0 fully saturated rings. The Morgan fingerprint density at radius 2 is 2.38 bits per heavy atom. The predicted octanol–water partition coefficient (Wildman–Crippen LogP) is 2.14. The third kappa shape index (κ3) is 2.31. The number of aryl methyl sites for hydroxylation is 2. The van der Waals surface area contributed by atoms with Gasteiger partial charge in [0.15, 0.2) is 0 Å². The Hall–Kier alpha value is -1.20. The number of thiazole rings is 1. The summed E-state index contributed by atoms with van der Waals surface area (Å²) in [6.45, 7) is 4.91. The Morgan fingerprint density at radius 1 is 1.56 bits per heavy atom. The molecule has 0 aliphatic carbocycles. The molecule has 0 aliphatic rings. The molecule has 0 amide bonds. The topological polar surface area (TPSA) is 50.9 Å². The molecule has 0 radical (unpaired) electrons. The van der Waals surface area contributed by atoms with Gasteiger partial charge in [0.25, 0.3) is 0 Å². The molecule has 2 aromatic rings. The summed E-state index contributed by atoms with van der Waals surface area (Å²) in [5.74, 6) is 0. The predicted molar refractivity (Wildman–Crippen MR) is 63.4 cm³/mol. The van der Waals surface area contributed by atoms with Crippen LogP contribution in [0.1, 0.15) is 35.7 Å². The lowest BCUT2D eigenvalue weighted by Crippen LogP contribution is -1.99. The first kappa shape index (κ1) is 11.3. The minimum absolute atomic E-state index is 0.657. The summed E-state index contributed by atoms with van der Waals surface area (Å²) in [4.78, 5) is 4.27. The number of hydrogen-bond donors (Lipinski definition) is 1. The Bertz CT molecular complexity index is 463. The summed E-state index contributed by atoms with van der Waals surface area (Å²) in [5.41, 5.74) is 1.51. The molecular formula is C11H15N3OS. The molecular weight excluding hydrogens is 222 g/mol. The molecule has 2 heterocycles. The van der Waals surface area contributed by atoms with Crippen LogP contribution in [0.4, 0.5) is 0 Å². The third-order valence-corrected chi connectivity index (χ3v) is 3.13. The molecule has 2 rings (SSSR count). The summed E-state index contributed by atoms with van der Waals surface area (Å²) in [7, 11) is 0. The van der Waals surface area contributed by atoms with E-state index in [0.717, 1.165) is 23.5 Å². The van der Waals surface area contributed by atoms with Gasteiger partial charge < -0.3 is 5.11 Å². The van der Waals surface area contributed by atoms with E-state index in [9.17, 15) is 5.11 Å². The highest BCUT2D eigenvalue weighted by molar-refractivity contribution is 7.09. The average molecular weight is 237 g/mol. The quantitative estimate of drug-likeness (QED) is 0.886.